The van der Waals surface area contributed by atoms with Gasteiger partial charge in [-0.15, -0.1) is 0 Å². The van der Waals surface area contributed by atoms with Gasteiger partial charge in [0.1, 0.15) is 0 Å². The molecule has 0 saturated heterocycles. The lowest BCUT2D eigenvalue weighted by Crippen LogP contribution is -1.99. The number of carboxylic acids is 1. The summed E-state index contributed by atoms with van der Waals surface area (Å²) in [7, 11) is -1.10. The number of rotatable bonds is 4. The summed E-state index contributed by atoms with van der Waals surface area (Å²) in [4.78, 5) is 11.5. The maximum Gasteiger partial charge on any atom is 0.335 e. The molecule has 0 radical (unpaired) electrons. The van der Waals surface area contributed by atoms with Gasteiger partial charge in [-0.1, -0.05) is 30.3 Å². The molecule has 2 rings (SSSR count). The highest BCUT2D eigenvalue weighted by molar-refractivity contribution is 7.84. The molecule has 2 aromatic carbocycles. The SMILES string of the molecule is O=C(O)c1ccc(CS(=O)c2ccccc2)cc1. The zero-order valence-electron chi connectivity index (χ0n) is 9.58. The molecule has 0 bridgehead atoms. The minimum Gasteiger partial charge on any atom is -0.478 e. The van der Waals surface area contributed by atoms with Gasteiger partial charge in [-0.3, -0.25) is 4.21 Å². The fourth-order valence-corrected chi connectivity index (χ4v) is 2.67. The first-order valence-electron chi connectivity index (χ1n) is 5.42. The Balaban J connectivity index is 2.10. The summed E-state index contributed by atoms with van der Waals surface area (Å²) in [5, 5.41) is 8.78. The van der Waals surface area contributed by atoms with Gasteiger partial charge in [0, 0.05) is 4.90 Å². The van der Waals surface area contributed by atoms with Crippen molar-refractivity contribution >= 4 is 16.8 Å². The van der Waals surface area contributed by atoms with Gasteiger partial charge in [-0.05, 0) is 29.8 Å². The number of carbonyl (C=O) groups is 1. The minimum absolute atomic E-state index is 0.240. The highest BCUT2D eigenvalue weighted by Gasteiger charge is 2.06. The number of hydrogen-bond acceptors (Lipinski definition) is 2. The molecule has 0 aliphatic carbocycles. The van der Waals surface area contributed by atoms with Gasteiger partial charge in [-0.2, -0.15) is 0 Å². The Morgan fingerprint density at radius 2 is 1.61 bits per heavy atom. The van der Waals surface area contributed by atoms with Crippen LogP contribution in [0.1, 0.15) is 15.9 Å². The molecule has 0 aromatic heterocycles. The van der Waals surface area contributed by atoms with Gasteiger partial charge in [0.05, 0.1) is 22.1 Å². The lowest BCUT2D eigenvalue weighted by molar-refractivity contribution is 0.0697. The first-order valence-corrected chi connectivity index (χ1v) is 6.74. The number of carboxylic acid groups (broad SMARTS) is 1. The molecular weight excluding hydrogens is 248 g/mol. The van der Waals surface area contributed by atoms with Gasteiger partial charge < -0.3 is 5.11 Å². The van der Waals surface area contributed by atoms with Crippen molar-refractivity contribution in [2.24, 2.45) is 0 Å². The zero-order chi connectivity index (χ0) is 13.0. The van der Waals surface area contributed by atoms with E-state index in [9.17, 15) is 9.00 Å². The van der Waals surface area contributed by atoms with E-state index < -0.39 is 16.8 Å². The third kappa shape index (κ3) is 3.05. The Bertz CT molecular complexity index is 561. The van der Waals surface area contributed by atoms with Gasteiger partial charge in [0.25, 0.3) is 0 Å². The van der Waals surface area contributed by atoms with E-state index in [-0.39, 0.29) is 5.56 Å². The average molecular weight is 260 g/mol. The summed E-state index contributed by atoms with van der Waals surface area (Å²) in [6.07, 6.45) is 0. The molecule has 0 aliphatic heterocycles. The summed E-state index contributed by atoms with van der Waals surface area (Å²) in [6, 6.07) is 15.7. The Hall–Kier alpha value is -1.94. The fraction of sp³-hybridized carbons (Fsp3) is 0.0714. The van der Waals surface area contributed by atoms with Crippen LogP contribution in [0.2, 0.25) is 0 Å². The van der Waals surface area contributed by atoms with Crippen molar-refractivity contribution in [2.45, 2.75) is 10.6 Å². The summed E-state index contributed by atoms with van der Waals surface area (Å²) < 4.78 is 12.0. The lowest BCUT2D eigenvalue weighted by atomic mass is 10.1. The highest BCUT2D eigenvalue weighted by atomic mass is 32.2. The van der Waals surface area contributed by atoms with E-state index in [1.165, 1.54) is 12.1 Å². The maximum atomic E-state index is 12.0. The largest absolute Gasteiger partial charge is 0.478 e. The van der Waals surface area contributed by atoms with Gasteiger partial charge in [0.15, 0.2) is 0 Å². The summed E-state index contributed by atoms with van der Waals surface area (Å²) >= 11 is 0. The number of hydrogen-bond donors (Lipinski definition) is 1. The van der Waals surface area contributed by atoms with Crippen molar-refractivity contribution in [3.63, 3.8) is 0 Å². The van der Waals surface area contributed by atoms with E-state index in [0.717, 1.165) is 10.5 Å². The molecule has 18 heavy (non-hydrogen) atoms. The molecule has 0 heterocycles. The lowest BCUT2D eigenvalue weighted by Gasteiger charge is -2.03. The molecule has 4 heteroatoms. The fourth-order valence-electron chi connectivity index (χ4n) is 1.55. The third-order valence-corrected chi connectivity index (χ3v) is 3.90. The standard InChI is InChI=1S/C14H12O3S/c15-14(16)12-8-6-11(7-9-12)10-18(17)13-4-2-1-3-5-13/h1-9H,10H2,(H,15,16). The van der Waals surface area contributed by atoms with Crippen molar-refractivity contribution in [1.82, 2.24) is 0 Å². The third-order valence-electron chi connectivity index (χ3n) is 2.50. The molecule has 0 fully saturated rings. The highest BCUT2D eigenvalue weighted by Crippen LogP contribution is 2.12. The zero-order valence-corrected chi connectivity index (χ0v) is 10.4. The van der Waals surface area contributed by atoms with E-state index >= 15 is 0 Å². The molecule has 0 amide bonds. The first-order chi connectivity index (χ1) is 8.66. The van der Waals surface area contributed by atoms with Gasteiger partial charge >= 0.3 is 5.97 Å². The number of aromatic carboxylic acids is 1. The Morgan fingerprint density at radius 1 is 1.00 bits per heavy atom. The van der Waals surface area contributed by atoms with Gasteiger partial charge in [-0.25, -0.2) is 4.79 Å². The molecule has 2 aromatic rings. The van der Waals surface area contributed by atoms with Crippen LogP contribution in [-0.2, 0) is 16.6 Å². The Labute approximate surface area is 108 Å². The smallest absolute Gasteiger partial charge is 0.335 e. The van der Waals surface area contributed by atoms with Gasteiger partial charge in [0.2, 0.25) is 0 Å². The molecular formula is C14H12O3S. The van der Waals surface area contributed by atoms with E-state index in [2.05, 4.69) is 0 Å². The molecule has 0 saturated carbocycles. The summed E-state index contributed by atoms with van der Waals surface area (Å²) in [5.74, 6) is -0.560. The summed E-state index contributed by atoms with van der Waals surface area (Å²) in [6.45, 7) is 0. The predicted octanol–water partition coefficient (Wildman–Crippen LogP) is 2.69. The first kappa shape index (κ1) is 12.5. The summed E-state index contributed by atoms with van der Waals surface area (Å²) in [5.41, 5.74) is 1.10. The van der Waals surface area contributed by atoms with Crippen LogP contribution in [0.15, 0.2) is 59.5 Å². The minimum atomic E-state index is -1.10. The van der Waals surface area contributed by atoms with E-state index in [1.54, 1.807) is 12.1 Å². The molecule has 1 N–H and O–H groups in total. The predicted molar refractivity (Wildman–Crippen MR) is 70.0 cm³/mol. The van der Waals surface area contributed by atoms with E-state index in [4.69, 9.17) is 5.11 Å². The molecule has 1 atom stereocenters. The van der Waals surface area contributed by atoms with E-state index in [1.807, 2.05) is 30.3 Å². The number of benzene rings is 2. The second-order valence-corrected chi connectivity index (χ2v) is 5.26. The maximum absolute atomic E-state index is 12.0. The van der Waals surface area contributed by atoms with Crippen LogP contribution in [0.3, 0.4) is 0 Å². The Morgan fingerprint density at radius 3 is 2.17 bits per heavy atom. The van der Waals surface area contributed by atoms with Crippen LogP contribution < -0.4 is 0 Å². The molecule has 92 valence electrons. The second kappa shape index (κ2) is 5.60. The Kier molecular flexibility index (Phi) is 3.89. The average Bonchev–Trinajstić information content (AvgIpc) is 2.40. The quantitative estimate of drug-likeness (QED) is 0.919. The van der Waals surface area contributed by atoms with Crippen LogP contribution in [0.4, 0.5) is 0 Å². The topological polar surface area (TPSA) is 54.4 Å². The van der Waals surface area contributed by atoms with Crippen molar-refractivity contribution in [1.29, 1.82) is 0 Å². The van der Waals surface area contributed by atoms with Crippen molar-refractivity contribution < 1.29 is 14.1 Å². The molecule has 3 nitrogen and oxygen atoms in total. The second-order valence-electron chi connectivity index (χ2n) is 3.80. The van der Waals surface area contributed by atoms with Crippen molar-refractivity contribution in [3.05, 3.63) is 65.7 Å². The van der Waals surface area contributed by atoms with E-state index in [0.29, 0.717) is 5.75 Å². The van der Waals surface area contributed by atoms with Crippen molar-refractivity contribution in [2.75, 3.05) is 0 Å². The van der Waals surface area contributed by atoms with Crippen LogP contribution in [0.25, 0.3) is 0 Å². The van der Waals surface area contributed by atoms with Crippen LogP contribution in [-0.4, -0.2) is 15.3 Å². The monoisotopic (exact) mass is 260 g/mol. The normalized spacial score (nSPS) is 12.0. The van der Waals surface area contributed by atoms with Crippen molar-refractivity contribution in [3.8, 4) is 0 Å². The molecule has 0 spiro atoms. The van der Waals surface area contributed by atoms with Crippen LogP contribution in [0, 0.1) is 0 Å². The molecule has 1 unspecified atom stereocenters. The molecule has 0 aliphatic rings. The van der Waals surface area contributed by atoms with Crippen LogP contribution >= 0.6 is 0 Å². The van der Waals surface area contributed by atoms with Crippen LogP contribution in [0.5, 0.6) is 0 Å².